The van der Waals surface area contributed by atoms with Crippen molar-refractivity contribution in [3.05, 3.63) is 175 Å². The minimum absolute atomic E-state index is 0.579. The van der Waals surface area contributed by atoms with E-state index in [1.807, 2.05) is 18.2 Å². The molecular weight excluding hydrogens is 671 g/mol. The molecule has 0 atom stereocenters. The third-order valence-electron chi connectivity index (χ3n) is 11.9. The summed E-state index contributed by atoms with van der Waals surface area (Å²) >= 11 is 0. The van der Waals surface area contributed by atoms with Gasteiger partial charge < -0.3 is 13.7 Å². The van der Waals surface area contributed by atoms with Gasteiger partial charge in [0.05, 0.1) is 11.4 Å². The molecule has 0 unspecified atom stereocenters. The monoisotopic (exact) mass is 709 g/mol. The highest BCUT2D eigenvalue weighted by molar-refractivity contribution is 6.13. The Bertz CT molecular complexity index is 3030. The lowest BCUT2D eigenvalue weighted by atomic mass is 9.80. The van der Waals surface area contributed by atoms with E-state index in [-0.39, 0.29) is 0 Å². The van der Waals surface area contributed by atoms with E-state index in [9.17, 15) is 0 Å². The molecule has 1 aliphatic rings. The molecule has 0 saturated heterocycles. The highest BCUT2D eigenvalue weighted by Gasteiger charge is 2.25. The highest BCUT2D eigenvalue weighted by atomic mass is 16.3. The number of hydrogen-bond donors (Lipinski definition) is 0. The van der Waals surface area contributed by atoms with Gasteiger partial charge in [0.2, 0.25) is 0 Å². The van der Waals surface area contributed by atoms with Gasteiger partial charge >= 0.3 is 0 Å². The summed E-state index contributed by atoms with van der Waals surface area (Å²) in [5, 5.41) is 7.18. The zero-order valence-corrected chi connectivity index (χ0v) is 30.5. The summed E-state index contributed by atoms with van der Waals surface area (Å²) in [5.41, 5.74) is 13.0. The lowest BCUT2D eigenvalue weighted by Crippen LogP contribution is -2.12. The fourth-order valence-electron chi connectivity index (χ4n) is 9.37. The molecule has 2 aromatic heterocycles. The van der Waals surface area contributed by atoms with E-state index in [0.717, 1.165) is 72.1 Å². The quantitative estimate of drug-likeness (QED) is 0.172. The molecule has 11 rings (SSSR count). The van der Waals surface area contributed by atoms with Crippen molar-refractivity contribution in [3.63, 3.8) is 0 Å². The van der Waals surface area contributed by atoms with Crippen LogP contribution in [-0.4, -0.2) is 0 Å². The van der Waals surface area contributed by atoms with Crippen molar-refractivity contribution in [3.8, 4) is 22.3 Å². The van der Waals surface area contributed by atoms with Crippen molar-refractivity contribution in [2.24, 2.45) is 0 Å². The van der Waals surface area contributed by atoms with E-state index in [1.165, 1.54) is 59.6 Å². The lowest BCUT2D eigenvalue weighted by Gasteiger charge is -2.29. The van der Waals surface area contributed by atoms with Crippen LogP contribution in [0.15, 0.2) is 179 Å². The SMILES string of the molecule is c1ccc(N(c2ccc(-c3cccc4oc5ccccc5c34)cc2)c2cccc3c2oc2ccccc23)c(-c2cccc3cccc(C4CCCCC4)c23)c1. The Morgan fingerprint density at radius 3 is 1.89 bits per heavy atom. The molecule has 0 aliphatic heterocycles. The van der Waals surface area contributed by atoms with Crippen LogP contribution in [0.5, 0.6) is 0 Å². The van der Waals surface area contributed by atoms with Gasteiger partial charge in [-0.3, -0.25) is 0 Å². The van der Waals surface area contributed by atoms with Gasteiger partial charge in [-0.05, 0) is 94.3 Å². The molecule has 0 spiro atoms. The summed E-state index contributed by atoms with van der Waals surface area (Å²) in [7, 11) is 0. The van der Waals surface area contributed by atoms with E-state index in [0.29, 0.717) is 5.92 Å². The minimum Gasteiger partial charge on any atom is -0.456 e. The normalized spacial score (nSPS) is 13.7. The molecule has 1 aliphatic carbocycles. The van der Waals surface area contributed by atoms with Crippen LogP contribution in [0.4, 0.5) is 17.1 Å². The van der Waals surface area contributed by atoms with Gasteiger partial charge in [-0.25, -0.2) is 0 Å². The fraction of sp³-hybridized carbons (Fsp3) is 0.115. The third kappa shape index (κ3) is 5.26. The first-order valence-electron chi connectivity index (χ1n) is 19.6. The number of para-hydroxylation sites is 4. The van der Waals surface area contributed by atoms with Crippen molar-refractivity contribution in [2.75, 3.05) is 4.90 Å². The van der Waals surface area contributed by atoms with Gasteiger partial charge in [-0.15, -0.1) is 0 Å². The molecule has 1 saturated carbocycles. The van der Waals surface area contributed by atoms with Crippen LogP contribution in [-0.2, 0) is 0 Å². The molecule has 0 amide bonds. The van der Waals surface area contributed by atoms with E-state index in [4.69, 9.17) is 8.83 Å². The molecule has 0 N–H and O–H groups in total. The van der Waals surface area contributed by atoms with Crippen LogP contribution in [0.2, 0.25) is 0 Å². The van der Waals surface area contributed by atoms with Crippen LogP contribution in [0, 0.1) is 0 Å². The van der Waals surface area contributed by atoms with Gasteiger partial charge in [-0.2, -0.15) is 0 Å². The second-order valence-electron chi connectivity index (χ2n) is 15.0. The second-order valence-corrected chi connectivity index (χ2v) is 15.0. The second kappa shape index (κ2) is 13.1. The zero-order chi connectivity index (χ0) is 36.3. The van der Waals surface area contributed by atoms with E-state index < -0.39 is 0 Å². The molecule has 1 fully saturated rings. The maximum Gasteiger partial charge on any atom is 0.159 e. The molecule has 264 valence electrons. The largest absolute Gasteiger partial charge is 0.456 e. The molecule has 0 bridgehead atoms. The Labute approximate surface area is 320 Å². The van der Waals surface area contributed by atoms with Crippen molar-refractivity contribution in [1.29, 1.82) is 0 Å². The predicted molar refractivity (Wildman–Crippen MR) is 230 cm³/mol. The molecular formula is C52H39NO2. The molecule has 8 aromatic carbocycles. The summed E-state index contributed by atoms with van der Waals surface area (Å²) < 4.78 is 13.0. The van der Waals surface area contributed by atoms with Crippen LogP contribution in [0.1, 0.15) is 43.6 Å². The maximum atomic E-state index is 6.74. The van der Waals surface area contributed by atoms with Crippen molar-refractivity contribution >= 4 is 71.7 Å². The number of hydrogen-bond acceptors (Lipinski definition) is 3. The van der Waals surface area contributed by atoms with E-state index >= 15 is 0 Å². The van der Waals surface area contributed by atoms with Gasteiger partial charge in [0, 0.05) is 32.8 Å². The Balaban J connectivity index is 1.13. The van der Waals surface area contributed by atoms with Crippen LogP contribution in [0.3, 0.4) is 0 Å². The average molecular weight is 710 g/mol. The summed E-state index contributed by atoms with van der Waals surface area (Å²) in [4.78, 5) is 2.40. The van der Waals surface area contributed by atoms with Crippen molar-refractivity contribution in [1.82, 2.24) is 0 Å². The first-order valence-corrected chi connectivity index (χ1v) is 19.6. The molecule has 10 aromatic rings. The van der Waals surface area contributed by atoms with E-state index in [2.05, 4.69) is 157 Å². The Morgan fingerprint density at radius 1 is 0.418 bits per heavy atom. The van der Waals surface area contributed by atoms with Gasteiger partial charge in [0.15, 0.2) is 5.58 Å². The Morgan fingerprint density at radius 2 is 1.04 bits per heavy atom. The lowest BCUT2D eigenvalue weighted by molar-refractivity contribution is 0.445. The zero-order valence-electron chi connectivity index (χ0n) is 30.5. The van der Waals surface area contributed by atoms with Gasteiger partial charge in [0.1, 0.15) is 16.7 Å². The highest BCUT2D eigenvalue weighted by Crippen LogP contribution is 2.48. The molecule has 2 heterocycles. The topological polar surface area (TPSA) is 29.5 Å². The number of furan rings is 2. The first-order chi connectivity index (χ1) is 27.3. The summed E-state index contributed by atoms with van der Waals surface area (Å²) in [6.07, 6.45) is 6.45. The average Bonchev–Trinajstić information content (AvgIpc) is 3.83. The number of benzene rings is 8. The number of rotatable bonds is 6. The predicted octanol–water partition coefficient (Wildman–Crippen LogP) is 15.5. The molecule has 0 radical (unpaired) electrons. The first kappa shape index (κ1) is 31.9. The molecule has 3 heteroatoms. The number of fused-ring (bicyclic) bond motifs is 7. The summed E-state index contributed by atoms with van der Waals surface area (Å²) in [6, 6.07) is 61.2. The third-order valence-corrected chi connectivity index (χ3v) is 11.9. The van der Waals surface area contributed by atoms with Crippen LogP contribution < -0.4 is 4.90 Å². The van der Waals surface area contributed by atoms with E-state index in [1.54, 1.807) is 0 Å². The standard InChI is InChI=1S/C52H39NO2/c1-2-14-34(15-3-1)38-21-10-16-36-17-11-23-42(50(36)38)40-18-4-7-25-45(40)53(46-26-12-24-43-41-19-5-8-27-47(41)55-52(43)46)37-32-30-35(31-33-37)39-22-13-29-49-51(39)44-20-6-9-28-48(44)54-49/h4-13,16-34H,1-3,14-15H2. The van der Waals surface area contributed by atoms with Gasteiger partial charge in [-0.1, -0.05) is 147 Å². The van der Waals surface area contributed by atoms with Crippen LogP contribution in [0.25, 0.3) is 76.9 Å². The summed E-state index contributed by atoms with van der Waals surface area (Å²) in [6.45, 7) is 0. The maximum absolute atomic E-state index is 6.74. The molecule has 55 heavy (non-hydrogen) atoms. The Kier molecular flexibility index (Phi) is 7.58. The smallest absolute Gasteiger partial charge is 0.159 e. The fourth-order valence-corrected chi connectivity index (χ4v) is 9.37. The minimum atomic E-state index is 0.579. The van der Waals surface area contributed by atoms with Crippen molar-refractivity contribution < 1.29 is 8.83 Å². The number of nitrogens with zero attached hydrogens (tertiary/aromatic N) is 1. The number of anilines is 3. The van der Waals surface area contributed by atoms with Gasteiger partial charge in [0.25, 0.3) is 0 Å². The Hall–Kier alpha value is -6.58. The van der Waals surface area contributed by atoms with Crippen molar-refractivity contribution in [2.45, 2.75) is 38.0 Å². The molecule has 3 nitrogen and oxygen atoms in total. The van der Waals surface area contributed by atoms with Crippen LogP contribution >= 0.6 is 0 Å². The summed E-state index contributed by atoms with van der Waals surface area (Å²) in [5.74, 6) is 0.579.